The standard InChI is InChI=1S/C15H20N2O6/c1-9(2)7-13(18)14(19)16-12(15(20)21)8-10-3-5-11(6-4-10)17(22)23/h3-6,9,12-13,18H,7-8H2,1-2H3,(H,16,19)(H,20,21)/t12-,13-/m0/s1. The number of aliphatic hydroxyl groups excluding tert-OH is 1. The molecule has 8 heteroatoms. The number of nitrogens with zero attached hydrogens (tertiary/aromatic N) is 1. The van der Waals surface area contributed by atoms with Crippen molar-refractivity contribution in [1.82, 2.24) is 5.32 Å². The molecule has 0 aliphatic heterocycles. The van der Waals surface area contributed by atoms with Crippen LogP contribution in [0.1, 0.15) is 25.8 Å². The zero-order valence-electron chi connectivity index (χ0n) is 12.9. The van der Waals surface area contributed by atoms with Crippen LogP contribution in [0.5, 0.6) is 0 Å². The van der Waals surface area contributed by atoms with Gasteiger partial charge in [0.05, 0.1) is 4.92 Å². The smallest absolute Gasteiger partial charge is 0.326 e. The molecule has 1 aromatic rings. The minimum Gasteiger partial charge on any atom is -0.480 e. The van der Waals surface area contributed by atoms with E-state index < -0.39 is 28.9 Å². The Morgan fingerprint density at radius 1 is 1.26 bits per heavy atom. The fraction of sp³-hybridized carbons (Fsp3) is 0.467. The molecule has 0 saturated heterocycles. The van der Waals surface area contributed by atoms with E-state index in [1.165, 1.54) is 24.3 Å². The average Bonchev–Trinajstić information content (AvgIpc) is 2.46. The molecular weight excluding hydrogens is 304 g/mol. The molecule has 0 spiro atoms. The van der Waals surface area contributed by atoms with Crippen LogP contribution >= 0.6 is 0 Å². The van der Waals surface area contributed by atoms with Crippen molar-refractivity contribution in [2.45, 2.75) is 38.8 Å². The Bertz CT molecular complexity index is 570. The molecule has 0 radical (unpaired) electrons. The third kappa shape index (κ3) is 6.03. The van der Waals surface area contributed by atoms with Crippen LogP contribution in [0.15, 0.2) is 24.3 Å². The Morgan fingerprint density at radius 2 is 1.83 bits per heavy atom. The molecule has 0 aromatic heterocycles. The molecule has 0 fully saturated rings. The maximum absolute atomic E-state index is 11.8. The fourth-order valence-electron chi connectivity index (χ4n) is 2.01. The van der Waals surface area contributed by atoms with Gasteiger partial charge in [0.25, 0.3) is 5.69 Å². The van der Waals surface area contributed by atoms with Gasteiger partial charge in [-0.15, -0.1) is 0 Å². The number of aliphatic carboxylic acids is 1. The number of nitro groups is 1. The normalized spacial score (nSPS) is 13.4. The molecule has 2 atom stereocenters. The van der Waals surface area contributed by atoms with Gasteiger partial charge in [0, 0.05) is 18.6 Å². The number of non-ortho nitro benzene ring substituents is 1. The highest BCUT2D eigenvalue weighted by atomic mass is 16.6. The Morgan fingerprint density at radius 3 is 2.26 bits per heavy atom. The van der Waals surface area contributed by atoms with Gasteiger partial charge in [-0.2, -0.15) is 0 Å². The van der Waals surface area contributed by atoms with Crippen molar-refractivity contribution in [3.8, 4) is 0 Å². The Hall–Kier alpha value is -2.48. The zero-order valence-corrected chi connectivity index (χ0v) is 12.9. The van der Waals surface area contributed by atoms with Crippen molar-refractivity contribution < 1.29 is 24.7 Å². The minimum absolute atomic E-state index is 0.0343. The van der Waals surface area contributed by atoms with Gasteiger partial charge < -0.3 is 15.5 Å². The van der Waals surface area contributed by atoms with Crippen LogP contribution in [0.4, 0.5) is 5.69 Å². The minimum atomic E-state index is -1.27. The van der Waals surface area contributed by atoms with Crippen LogP contribution in [0.3, 0.4) is 0 Å². The molecule has 0 bridgehead atoms. The Labute approximate surface area is 133 Å². The SMILES string of the molecule is CC(C)C[C@H](O)C(=O)N[C@@H](Cc1ccc([N+](=O)[O-])cc1)C(=O)O. The highest BCUT2D eigenvalue weighted by Crippen LogP contribution is 2.13. The van der Waals surface area contributed by atoms with E-state index in [0.717, 1.165) is 0 Å². The van der Waals surface area contributed by atoms with Gasteiger partial charge in [0.1, 0.15) is 12.1 Å². The summed E-state index contributed by atoms with van der Waals surface area (Å²) >= 11 is 0. The quantitative estimate of drug-likeness (QED) is 0.485. The van der Waals surface area contributed by atoms with Crippen molar-refractivity contribution in [1.29, 1.82) is 0 Å². The number of carbonyl (C=O) groups excluding carboxylic acids is 1. The molecule has 23 heavy (non-hydrogen) atoms. The maximum atomic E-state index is 11.8. The molecule has 0 heterocycles. The molecule has 0 saturated carbocycles. The number of carboxylic acids is 1. The molecule has 0 aliphatic rings. The van der Waals surface area contributed by atoms with Crippen LogP contribution in [-0.2, 0) is 16.0 Å². The van der Waals surface area contributed by atoms with Crippen molar-refractivity contribution in [3.63, 3.8) is 0 Å². The second kappa shape index (κ2) is 8.23. The van der Waals surface area contributed by atoms with Crippen molar-refractivity contribution in [3.05, 3.63) is 39.9 Å². The lowest BCUT2D eigenvalue weighted by Crippen LogP contribution is -2.46. The number of nitro benzene ring substituents is 1. The van der Waals surface area contributed by atoms with Gasteiger partial charge in [0.15, 0.2) is 0 Å². The number of nitrogens with one attached hydrogen (secondary N) is 1. The van der Waals surface area contributed by atoms with Crippen LogP contribution in [0.25, 0.3) is 0 Å². The molecular formula is C15H20N2O6. The summed E-state index contributed by atoms with van der Waals surface area (Å²) in [7, 11) is 0. The van der Waals surface area contributed by atoms with Gasteiger partial charge in [0.2, 0.25) is 5.91 Å². The highest BCUT2D eigenvalue weighted by molar-refractivity contribution is 5.86. The lowest BCUT2D eigenvalue weighted by molar-refractivity contribution is -0.384. The summed E-state index contributed by atoms with van der Waals surface area (Å²) in [6.45, 7) is 3.67. The molecule has 1 aromatic carbocycles. The van der Waals surface area contributed by atoms with E-state index in [-0.39, 0.29) is 24.4 Å². The first kappa shape index (κ1) is 18.6. The molecule has 8 nitrogen and oxygen atoms in total. The van der Waals surface area contributed by atoms with E-state index in [2.05, 4.69) is 5.32 Å². The number of hydrogen-bond acceptors (Lipinski definition) is 5. The molecule has 0 aliphatic carbocycles. The summed E-state index contributed by atoms with van der Waals surface area (Å²) in [6, 6.07) is 4.19. The summed E-state index contributed by atoms with van der Waals surface area (Å²) in [5.41, 5.74) is 0.429. The van der Waals surface area contributed by atoms with Crippen LogP contribution < -0.4 is 5.32 Å². The largest absolute Gasteiger partial charge is 0.480 e. The summed E-state index contributed by atoms with van der Waals surface area (Å²) < 4.78 is 0. The molecule has 0 unspecified atom stereocenters. The Balaban J connectivity index is 2.73. The molecule has 1 amide bonds. The van der Waals surface area contributed by atoms with Gasteiger partial charge in [-0.3, -0.25) is 14.9 Å². The topological polar surface area (TPSA) is 130 Å². The van der Waals surface area contributed by atoms with Crippen LogP contribution in [-0.4, -0.2) is 39.2 Å². The van der Waals surface area contributed by atoms with Gasteiger partial charge >= 0.3 is 5.97 Å². The molecule has 3 N–H and O–H groups in total. The monoisotopic (exact) mass is 324 g/mol. The van der Waals surface area contributed by atoms with E-state index in [0.29, 0.717) is 5.56 Å². The van der Waals surface area contributed by atoms with Gasteiger partial charge in [-0.1, -0.05) is 26.0 Å². The summed E-state index contributed by atoms with van der Waals surface area (Å²) in [5.74, 6) is -1.89. The predicted molar refractivity (Wildman–Crippen MR) is 81.8 cm³/mol. The third-order valence-electron chi connectivity index (χ3n) is 3.20. The average molecular weight is 324 g/mol. The number of hydrogen-bond donors (Lipinski definition) is 3. The lowest BCUT2D eigenvalue weighted by atomic mass is 10.0. The molecule has 1 rings (SSSR count). The first-order chi connectivity index (χ1) is 10.7. The van der Waals surface area contributed by atoms with E-state index in [4.69, 9.17) is 0 Å². The van der Waals surface area contributed by atoms with E-state index in [1.807, 2.05) is 13.8 Å². The molecule has 126 valence electrons. The van der Waals surface area contributed by atoms with Crippen LogP contribution in [0, 0.1) is 16.0 Å². The van der Waals surface area contributed by atoms with E-state index in [1.54, 1.807) is 0 Å². The number of benzene rings is 1. The maximum Gasteiger partial charge on any atom is 0.326 e. The Kier molecular flexibility index (Phi) is 6.65. The van der Waals surface area contributed by atoms with Crippen molar-refractivity contribution in [2.75, 3.05) is 0 Å². The second-order valence-corrected chi connectivity index (χ2v) is 5.67. The summed E-state index contributed by atoms with van der Waals surface area (Å²) in [5, 5.41) is 31.8. The summed E-state index contributed by atoms with van der Waals surface area (Å²) in [4.78, 5) is 33.1. The van der Waals surface area contributed by atoms with Crippen molar-refractivity contribution in [2.24, 2.45) is 5.92 Å². The number of carboxylic acid groups (broad SMARTS) is 1. The lowest BCUT2D eigenvalue weighted by Gasteiger charge is -2.18. The van der Waals surface area contributed by atoms with Gasteiger partial charge in [-0.25, -0.2) is 4.79 Å². The van der Waals surface area contributed by atoms with Crippen molar-refractivity contribution >= 4 is 17.6 Å². The predicted octanol–water partition coefficient (Wildman–Crippen LogP) is 1.11. The number of aliphatic hydroxyl groups is 1. The zero-order chi connectivity index (χ0) is 17.6. The number of rotatable bonds is 8. The number of amides is 1. The fourth-order valence-corrected chi connectivity index (χ4v) is 2.01. The third-order valence-corrected chi connectivity index (χ3v) is 3.20. The first-order valence-corrected chi connectivity index (χ1v) is 7.15. The number of carbonyl (C=O) groups is 2. The van der Waals surface area contributed by atoms with Gasteiger partial charge in [-0.05, 0) is 17.9 Å². The van der Waals surface area contributed by atoms with E-state index in [9.17, 15) is 29.9 Å². The second-order valence-electron chi connectivity index (χ2n) is 5.67. The first-order valence-electron chi connectivity index (χ1n) is 7.15. The highest BCUT2D eigenvalue weighted by Gasteiger charge is 2.24. The summed E-state index contributed by atoms with van der Waals surface area (Å²) in [6.07, 6.45) is -1.07. The van der Waals surface area contributed by atoms with E-state index >= 15 is 0 Å². The van der Waals surface area contributed by atoms with Crippen LogP contribution in [0.2, 0.25) is 0 Å².